The fraction of sp³-hybridized carbons (Fsp3) is 0.368. The van der Waals surface area contributed by atoms with Crippen LogP contribution < -0.4 is 4.74 Å². The van der Waals surface area contributed by atoms with Gasteiger partial charge in [0.25, 0.3) is 5.69 Å². The number of aliphatic hydroxyl groups excluding tert-OH is 1. The third-order valence-corrected chi connectivity index (χ3v) is 4.46. The number of benzene rings is 2. The summed E-state index contributed by atoms with van der Waals surface area (Å²) in [4.78, 5) is 12.6. The summed E-state index contributed by atoms with van der Waals surface area (Å²) >= 11 is 0. The van der Waals surface area contributed by atoms with Gasteiger partial charge in [0.1, 0.15) is 18.5 Å². The van der Waals surface area contributed by atoms with E-state index in [1.807, 2.05) is 18.2 Å². The SMILES string of the molecule is O=[N+]([O-])c1cccc(OCC(O)CN2CCCC2c2ccccc2)c1. The first-order valence-electron chi connectivity index (χ1n) is 8.48. The van der Waals surface area contributed by atoms with E-state index in [4.69, 9.17) is 4.74 Å². The molecule has 0 saturated carbocycles. The molecule has 6 heteroatoms. The van der Waals surface area contributed by atoms with Crippen LogP contribution in [0.15, 0.2) is 54.6 Å². The second kappa shape index (κ2) is 8.09. The van der Waals surface area contributed by atoms with E-state index in [0.717, 1.165) is 19.4 Å². The quantitative estimate of drug-likeness (QED) is 0.618. The van der Waals surface area contributed by atoms with Crippen molar-refractivity contribution in [2.24, 2.45) is 0 Å². The van der Waals surface area contributed by atoms with Crippen molar-refractivity contribution in [3.63, 3.8) is 0 Å². The monoisotopic (exact) mass is 342 g/mol. The molecule has 0 aromatic heterocycles. The minimum atomic E-state index is -0.649. The molecule has 2 aromatic carbocycles. The molecule has 1 heterocycles. The number of aliphatic hydroxyl groups is 1. The van der Waals surface area contributed by atoms with Crippen molar-refractivity contribution in [3.8, 4) is 5.75 Å². The molecule has 1 saturated heterocycles. The largest absolute Gasteiger partial charge is 0.491 e. The molecular weight excluding hydrogens is 320 g/mol. The highest BCUT2D eigenvalue weighted by Crippen LogP contribution is 2.31. The summed E-state index contributed by atoms with van der Waals surface area (Å²) in [6, 6.07) is 16.7. The van der Waals surface area contributed by atoms with Crippen LogP contribution in [0.3, 0.4) is 0 Å². The fourth-order valence-electron chi connectivity index (χ4n) is 3.30. The van der Waals surface area contributed by atoms with Crippen molar-refractivity contribution in [1.82, 2.24) is 4.90 Å². The number of rotatable bonds is 7. The Morgan fingerprint density at radius 1 is 1.24 bits per heavy atom. The predicted molar refractivity (Wildman–Crippen MR) is 94.6 cm³/mol. The summed E-state index contributed by atoms with van der Waals surface area (Å²) in [5.41, 5.74) is 1.25. The first-order chi connectivity index (χ1) is 12.1. The maximum atomic E-state index is 10.8. The lowest BCUT2D eigenvalue weighted by atomic mass is 10.0. The van der Waals surface area contributed by atoms with Gasteiger partial charge < -0.3 is 9.84 Å². The average Bonchev–Trinajstić information content (AvgIpc) is 3.09. The van der Waals surface area contributed by atoms with Gasteiger partial charge in [-0.05, 0) is 31.0 Å². The van der Waals surface area contributed by atoms with E-state index < -0.39 is 11.0 Å². The molecule has 1 fully saturated rings. The Labute approximate surface area is 146 Å². The Bertz CT molecular complexity index is 708. The number of non-ortho nitro benzene ring substituents is 1. The van der Waals surface area contributed by atoms with Gasteiger partial charge >= 0.3 is 0 Å². The number of nitro groups is 1. The average molecular weight is 342 g/mol. The molecule has 25 heavy (non-hydrogen) atoms. The lowest BCUT2D eigenvalue weighted by Crippen LogP contribution is -2.35. The van der Waals surface area contributed by atoms with Crippen LogP contribution in [0.1, 0.15) is 24.4 Å². The minimum Gasteiger partial charge on any atom is -0.491 e. The van der Waals surface area contributed by atoms with Gasteiger partial charge in [0, 0.05) is 18.7 Å². The van der Waals surface area contributed by atoms with E-state index in [0.29, 0.717) is 18.3 Å². The molecule has 0 amide bonds. The second-order valence-corrected chi connectivity index (χ2v) is 6.28. The first kappa shape index (κ1) is 17.4. The van der Waals surface area contributed by atoms with E-state index in [-0.39, 0.29) is 12.3 Å². The zero-order chi connectivity index (χ0) is 17.6. The molecule has 0 spiro atoms. The highest BCUT2D eigenvalue weighted by molar-refractivity contribution is 5.37. The van der Waals surface area contributed by atoms with Gasteiger partial charge in [0.2, 0.25) is 0 Å². The Morgan fingerprint density at radius 3 is 2.80 bits per heavy atom. The van der Waals surface area contributed by atoms with Gasteiger partial charge in [0.15, 0.2) is 0 Å². The summed E-state index contributed by atoms with van der Waals surface area (Å²) in [7, 11) is 0. The molecule has 0 aliphatic carbocycles. The molecule has 0 bridgehead atoms. The standard InChI is InChI=1S/C19H22N2O4/c22-17(14-25-18-9-4-8-16(12-18)21(23)24)13-20-11-5-10-19(20)15-6-2-1-3-7-15/h1-4,6-9,12,17,19,22H,5,10-11,13-14H2. The number of nitrogens with zero attached hydrogens (tertiary/aromatic N) is 2. The van der Waals surface area contributed by atoms with Crippen molar-refractivity contribution in [1.29, 1.82) is 0 Å². The lowest BCUT2D eigenvalue weighted by molar-refractivity contribution is -0.384. The molecule has 2 aromatic rings. The molecule has 3 rings (SSSR count). The van der Waals surface area contributed by atoms with Crippen molar-refractivity contribution in [2.45, 2.75) is 25.0 Å². The third-order valence-electron chi connectivity index (χ3n) is 4.46. The van der Waals surface area contributed by atoms with Gasteiger partial charge in [-0.25, -0.2) is 0 Å². The molecule has 2 unspecified atom stereocenters. The Balaban J connectivity index is 1.54. The molecule has 1 N–H and O–H groups in total. The highest BCUT2D eigenvalue weighted by atomic mass is 16.6. The van der Waals surface area contributed by atoms with Crippen molar-refractivity contribution < 1.29 is 14.8 Å². The molecular formula is C19H22N2O4. The van der Waals surface area contributed by atoms with Crippen LogP contribution in [0.25, 0.3) is 0 Å². The number of ether oxygens (including phenoxy) is 1. The van der Waals surface area contributed by atoms with Gasteiger partial charge in [-0.15, -0.1) is 0 Å². The molecule has 6 nitrogen and oxygen atoms in total. The summed E-state index contributed by atoms with van der Waals surface area (Å²) in [6.45, 7) is 1.58. The zero-order valence-corrected chi connectivity index (χ0v) is 14.0. The topological polar surface area (TPSA) is 75.8 Å². The van der Waals surface area contributed by atoms with Crippen molar-refractivity contribution in [2.75, 3.05) is 19.7 Å². The van der Waals surface area contributed by atoms with Gasteiger partial charge in [0.05, 0.1) is 11.0 Å². The maximum absolute atomic E-state index is 10.8. The Morgan fingerprint density at radius 2 is 2.04 bits per heavy atom. The van der Waals surface area contributed by atoms with Crippen molar-refractivity contribution >= 4 is 5.69 Å². The number of nitro benzene ring substituents is 1. The summed E-state index contributed by atoms with van der Waals surface area (Å²) in [6.07, 6.45) is 1.55. The van der Waals surface area contributed by atoms with Crippen LogP contribution in [-0.2, 0) is 0 Å². The van der Waals surface area contributed by atoms with E-state index in [9.17, 15) is 15.2 Å². The summed E-state index contributed by atoms with van der Waals surface area (Å²) in [5.74, 6) is 0.397. The fourth-order valence-corrected chi connectivity index (χ4v) is 3.30. The van der Waals surface area contributed by atoms with Crippen LogP contribution in [0.5, 0.6) is 5.75 Å². The molecule has 0 radical (unpaired) electrons. The van der Waals surface area contributed by atoms with Gasteiger partial charge in [-0.3, -0.25) is 15.0 Å². The van der Waals surface area contributed by atoms with Crippen LogP contribution in [-0.4, -0.2) is 40.7 Å². The molecule has 2 atom stereocenters. The lowest BCUT2D eigenvalue weighted by Gasteiger charge is -2.27. The van der Waals surface area contributed by atoms with Gasteiger partial charge in [-0.1, -0.05) is 36.4 Å². The smallest absolute Gasteiger partial charge is 0.273 e. The van der Waals surface area contributed by atoms with Gasteiger partial charge in [-0.2, -0.15) is 0 Å². The zero-order valence-electron chi connectivity index (χ0n) is 14.0. The van der Waals surface area contributed by atoms with E-state index in [1.54, 1.807) is 12.1 Å². The van der Waals surface area contributed by atoms with E-state index >= 15 is 0 Å². The highest BCUT2D eigenvalue weighted by Gasteiger charge is 2.27. The Hall–Kier alpha value is -2.44. The number of β-amino-alcohol motifs (C(OH)–C–C–N with tert-alkyl or cyclic N) is 1. The molecule has 1 aliphatic rings. The summed E-state index contributed by atoms with van der Waals surface area (Å²) in [5, 5.41) is 21.1. The predicted octanol–water partition coefficient (Wildman–Crippen LogP) is 3.17. The van der Waals surface area contributed by atoms with E-state index in [2.05, 4.69) is 17.0 Å². The van der Waals surface area contributed by atoms with Crippen LogP contribution in [0.2, 0.25) is 0 Å². The summed E-state index contributed by atoms with van der Waals surface area (Å²) < 4.78 is 5.53. The normalized spacial score (nSPS) is 18.8. The number of hydrogen-bond donors (Lipinski definition) is 1. The first-order valence-corrected chi connectivity index (χ1v) is 8.48. The number of hydrogen-bond acceptors (Lipinski definition) is 5. The second-order valence-electron chi connectivity index (χ2n) is 6.28. The maximum Gasteiger partial charge on any atom is 0.273 e. The molecule has 132 valence electrons. The third kappa shape index (κ3) is 4.55. The van der Waals surface area contributed by atoms with Crippen molar-refractivity contribution in [3.05, 3.63) is 70.3 Å². The number of likely N-dealkylation sites (tertiary alicyclic amines) is 1. The van der Waals surface area contributed by atoms with E-state index in [1.165, 1.54) is 17.7 Å². The van der Waals surface area contributed by atoms with Crippen LogP contribution >= 0.6 is 0 Å². The van der Waals surface area contributed by atoms with Crippen LogP contribution in [0.4, 0.5) is 5.69 Å². The van der Waals surface area contributed by atoms with Crippen LogP contribution in [0, 0.1) is 10.1 Å². The molecule has 1 aliphatic heterocycles. The minimum absolute atomic E-state index is 0.0179. The Kier molecular flexibility index (Phi) is 5.63.